The van der Waals surface area contributed by atoms with Gasteiger partial charge in [0.2, 0.25) is 0 Å². The number of fused-ring (bicyclic) bond motifs is 1. The van der Waals surface area contributed by atoms with Crippen molar-refractivity contribution in [3.05, 3.63) is 38.4 Å². The van der Waals surface area contributed by atoms with E-state index in [0.29, 0.717) is 17.1 Å². The molecule has 0 fully saturated rings. The summed E-state index contributed by atoms with van der Waals surface area (Å²) in [5, 5.41) is 18.0. The number of anilines is 1. The van der Waals surface area contributed by atoms with E-state index in [4.69, 9.17) is 0 Å². The summed E-state index contributed by atoms with van der Waals surface area (Å²) in [7, 11) is 0. The van der Waals surface area contributed by atoms with Crippen LogP contribution in [0.1, 0.15) is 55.5 Å². The first kappa shape index (κ1) is 21.0. The molecule has 3 rings (SSSR count). The molecule has 2 aromatic rings. The van der Waals surface area contributed by atoms with E-state index in [9.17, 15) is 10.1 Å². The fourth-order valence-corrected chi connectivity index (χ4v) is 6.32. The first-order chi connectivity index (χ1) is 13.1. The number of quaternary nitrogens is 2. The van der Waals surface area contributed by atoms with Gasteiger partial charge in [-0.3, -0.25) is 4.79 Å². The van der Waals surface area contributed by atoms with E-state index in [0.717, 1.165) is 25.1 Å². The van der Waals surface area contributed by atoms with Crippen LogP contribution in [0.4, 0.5) is 5.00 Å². The summed E-state index contributed by atoms with van der Waals surface area (Å²) in [6.45, 7) is 13.0. The number of thiophene rings is 2. The van der Waals surface area contributed by atoms with Crippen molar-refractivity contribution in [1.29, 1.82) is 5.26 Å². The minimum Gasteiger partial charge on any atom is -0.333 e. The molecule has 4 N–H and O–H groups in total. The van der Waals surface area contributed by atoms with Crippen molar-refractivity contribution in [2.45, 2.75) is 58.7 Å². The Morgan fingerprint density at radius 1 is 1.39 bits per heavy atom. The molecule has 3 heterocycles. The van der Waals surface area contributed by atoms with Gasteiger partial charge < -0.3 is 15.5 Å². The molecule has 0 bridgehead atoms. The normalized spacial score (nSPS) is 18.1. The second-order valence-corrected chi connectivity index (χ2v) is 10.9. The highest BCUT2D eigenvalue weighted by molar-refractivity contribution is 7.16. The molecule has 2 aromatic heterocycles. The molecule has 0 aromatic carbocycles. The summed E-state index contributed by atoms with van der Waals surface area (Å²) in [6.07, 6.45) is 0.839. The number of nitrogens with two attached hydrogens (primary N) is 1. The fraction of sp³-hybridized carbons (Fsp3) is 0.524. The van der Waals surface area contributed by atoms with Crippen molar-refractivity contribution in [3.8, 4) is 6.07 Å². The first-order valence-corrected chi connectivity index (χ1v) is 11.4. The molecule has 150 valence electrons. The van der Waals surface area contributed by atoms with Gasteiger partial charge >= 0.3 is 0 Å². The lowest BCUT2D eigenvalue weighted by molar-refractivity contribution is -0.903. The van der Waals surface area contributed by atoms with Crippen molar-refractivity contribution in [3.63, 3.8) is 0 Å². The third-order valence-electron chi connectivity index (χ3n) is 5.26. The number of hydrogen-bond acceptors (Lipinski definition) is 4. The Morgan fingerprint density at radius 3 is 2.75 bits per heavy atom. The Morgan fingerprint density at radius 2 is 2.14 bits per heavy atom. The summed E-state index contributed by atoms with van der Waals surface area (Å²) < 4.78 is 0. The number of likely N-dealkylation sites (N-methyl/N-ethyl adjacent to an activating group) is 1. The number of carbonyl (C=O) groups is 1. The molecule has 0 saturated heterocycles. The number of nitrogens with one attached hydrogen (secondary N) is 2. The van der Waals surface area contributed by atoms with Crippen LogP contribution >= 0.6 is 22.7 Å². The maximum absolute atomic E-state index is 12.7. The zero-order valence-electron chi connectivity index (χ0n) is 17.3. The molecule has 1 unspecified atom stereocenters. The molecule has 0 aliphatic carbocycles. The summed E-state index contributed by atoms with van der Waals surface area (Å²) in [5.41, 5.74) is 1.70. The van der Waals surface area contributed by atoms with Crippen molar-refractivity contribution in [2.24, 2.45) is 0 Å². The molecule has 1 aliphatic heterocycles. The summed E-state index contributed by atoms with van der Waals surface area (Å²) in [6, 6.07) is 6.52. The van der Waals surface area contributed by atoms with E-state index in [1.54, 1.807) is 22.7 Å². The van der Waals surface area contributed by atoms with Crippen LogP contribution in [-0.4, -0.2) is 24.5 Å². The van der Waals surface area contributed by atoms with Gasteiger partial charge in [0.25, 0.3) is 5.91 Å². The lowest BCUT2D eigenvalue weighted by Crippen LogP contribution is -3.11. The predicted molar refractivity (Wildman–Crippen MR) is 115 cm³/mol. The minimum atomic E-state index is -0.101. The van der Waals surface area contributed by atoms with Crippen LogP contribution < -0.4 is 15.5 Å². The molecule has 0 spiro atoms. The number of amides is 1. The Labute approximate surface area is 175 Å². The van der Waals surface area contributed by atoms with Crippen molar-refractivity contribution in [2.75, 3.05) is 18.4 Å². The average molecular weight is 419 g/mol. The zero-order valence-corrected chi connectivity index (χ0v) is 18.9. The second-order valence-electron chi connectivity index (χ2n) is 8.84. The average Bonchev–Trinajstić information content (AvgIpc) is 3.20. The molecule has 0 radical (unpaired) electrons. The van der Waals surface area contributed by atoms with Gasteiger partial charge in [-0.05, 0) is 51.6 Å². The molecular weight excluding hydrogens is 388 g/mol. The van der Waals surface area contributed by atoms with Gasteiger partial charge in [-0.15, -0.1) is 22.7 Å². The molecule has 0 saturated carbocycles. The lowest BCUT2D eigenvalue weighted by atomic mass is 9.81. The number of rotatable bonds is 6. The Bertz CT molecular complexity index is 890. The van der Waals surface area contributed by atoms with E-state index in [2.05, 4.69) is 62.8 Å². The van der Waals surface area contributed by atoms with Gasteiger partial charge in [-0.2, -0.15) is 5.26 Å². The van der Waals surface area contributed by atoms with Crippen LogP contribution in [0.3, 0.4) is 0 Å². The lowest BCUT2D eigenvalue weighted by Gasteiger charge is -2.38. The van der Waals surface area contributed by atoms with E-state index in [-0.39, 0.29) is 17.0 Å². The minimum absolute atomic E-state index is 0.0236. The second kappa shape index (κ2) is 7.96. The van der Waals surface area contributed by atoms with Crippen molar-refractivity contribution in [1.82, 2.24) is 0 Å². The maximum Gasteiger partial charge on any atom is 0.280 e. The molecule has 7 heteroatoms. The van der Waals surface area contributed by atoms with Crippen LogP contribution in [0, 0.1) is 11.3 Å². The Balaban J connectivity index is 1.78. The monoisotopic (exact) mass is 418 g/mol. The van der Waals surface area contributed by atoms with E-state index in [1.165, 1.54) is 14.7 Å². The smallest absolute Gasteiger partial charge is 0.280 e. The molecule has 1 amide bonds. The Kier molecular flexibility index (Phi) is 5.97. The number of hydrogen-bond donors (Lipinski definition) is 3. The number of nitrogens with zero attached hydrogens (tertiary/aromatic N) is 1. The standard InChI is InChI=1S/C21H28N4OS2/c1-6-25(12-14-8-7-9-27-14)13-17(26)23-19-16(11-22)15-10-20(2,3)24-21(4,5)18(15)28-19/h7-9,24H,6,10,12-13H2,1-5H3,(H,23,26)/p+2. The highest BCUT2D eigenvalue weighted by Crippen LogP contribution is 2.41. The Hall–Kier alpha value is -1.72. The zero-order chi connectivity index (χ0) is 20.5. The SMILES string of the molecule is CC[NH+](CC(=O)Nc1sc2c(c1C#N)CC(C)(C)[NH2+]C2(C)C)Cc1cccs1. The van der Waals surface area contributed by atoms with Crippen molar-refractivity contribution >= 4 is 33.6 Å². The van der Waals surface area contributed by atoms with Gasteiger partial charge in [-0.25, -0.2) is 0 Å². The summed E-state index contributed by atoms with van der Waals surface area (Å²) in [5.74, 6) is -0.0236. The van der Waals surface area contributed by atoms with Gasteiger partial charge in [0, 0.05) is 6.42 Å². The highest BCUT2D eigenvalue weighted by Gasteiger charge is 2.44. The van der Waals surface area contributed by atoms with E-state index in [1.807, 2.05) is 6.07 Å². The molecule has 1 atom stereocenters. The van der Waals surface area contributed by atoms with Gasteiger partial charge in [0.1, 0.15) is 23.2 Å². The molecule has 5 nitrogen and oxygen atoms in total. The maximum atomic E-state index is 12.7. The van der Waals surface area contributed by atoms with Gasteiger partial charge in [-0.1, -0.05) is 6.07 Å². The largest absolute Gasteiger partial charge is 0.333 e. The fourth-order valence-electron chi connectivity index (χ4n) is 4.28. The third kappa shape index (κ3) is 4.47. The van der Waals surface area contributed by atoms with E-state index >= 15 is 0 Å². The van der Waals surface area contributed by atoms with Gasteiger partial charge in [0.15, 0.2) is 6.54 Å². The first-order valence-electron chi connectivity index (χ1n) is 9.74. The summed E-state index contributed by atoms with van der Waals surface area (Å²) >= 11 is 3.29. The topological polar surface area (TPSA) is 73.9 Å². The van der Waals surface area contributed by atoms with Crippen LogP contribution in [0.2, 0.25) is 0 Å². The van der Waals surface area contributed by atoms with E-state index < -0.39 is 0 Å². The molecule has 28 heavy (non-hydrogen) atoms. The van der Waals surface area contributed by atoms with Gasteiger partial charge in [0.05, 0.1) is 27.4 Å². The van der Waals surface area contributed by atoms with Crippen molar-refractivity contribution < 1.29 is 15.0 Å². The molecular formula is C21H30N4OS2+2. The predicted octanol–water partition coefficient (Wildman–Crippen LogP) is 1.86. The van der Waals surface area contributed by atoms with Crippen LogP contribution in [0.5, 0.6) is 0 Å². The number of nitriles is 1. The quantitative estimate of drug-likeness (QED) is 0.670. The van der Waals surface area contributed by atoms with Crippen LogP contribution in [0.15, 0.2) is 17.5 Å². The van der Waals surface area contributed by atoms with Crippen LogP contribution in [-0.2, 0) is 23.3 Å². The summed E-state index contributed by atoms with van der Waals surface area (Å²) in [4.78, 5) is 16.4. The molecule has 1 aliphatic rings. The highest BCUT2D eigenvalue weighted by atomic mass is 32.1. The van der Waals surface area contributed by atoms with Crippen LogP contribution in [0.25, 0.3) is 0 Å². The third-order valence-corrected chi connectivity index (χ3v) is 7.62. The number of carbonyl (C=O) groups excluding carboxylic acids is 1.